The van der Waals surface area contributed by atoms with Gasteiger partial charge >= 0.3 is 0 Å². The van der Waals surface area contributed by atoms with E-state index < -0.39 is 26.6 Å². The SMILES string of the molecule is Cn1ccc(C(=O)N2CCN(S(=O)(=O)c3ccc(F)cc3F)CC2)cc1=O. The number of carbonyl (C=O) groups is 1. The summed E-state index contributed by atoms with van der Waals surface area (Å²) in [5.74, 6) is -2.40. The van der Waals surface area contributed by atoms with Gasteiger partial charge in [0.15, 0.2) is 0 Å². The molecule has 144 valence electrons. The van der Waals surface area contributed by atoms with E-state index in [4.69, 9.17) is 0 Å². The van der Waals surface area contributed by atoms with Crippen LogP contribution in [0.4, 0.5) is 8.78 Å². The van der Waals surface area contributed by atoms with Gasteiger partial charge < -0.3 is 9.47 Å². The number of pyridine rings is 1. The number of halogens is 2. The van der Waals surface area contributed by atoms with E-state index >= 15 is 0 Å². The zero-order valence-electron chi connectivity index (χ0n) is 14.4. The summed E-state index contributed by atoms with van der Waals surface area (Å²) in [6, 6.07) is 5.02. The second-order valence-electron chi connectivity index (χ2n) is 6.14. The van der Waals surface area contributed by atoms with Crippen molar-refractivity contribution in [1.82, 2.24) is 13.8 Å². The van der Waals surface area contributed by atoms with Gasteiger partial charge in [0.2, 0.25) is 10.0 Å². The minimum atomic E-state index is -4.14. The zero-order valence-corrected chi connectivity index (χ0v) is 15.2. The molecule has 1 aromatic heterocycles. The van der Waals surface area contributed by atoms with Gasteiger partial charge in [-0.1, -0.05) is 0 Å². The van der Waals surface area contributed by atoms with Crippen LogP contribution in [0.1, 0.15) is 10.4 Å². The van der Waals surface area contributed by atoms with Crippen LogP contribution in [0.15, 0.2) is 46.2 Å². The number of sulfonamides is 1. The van der Waals surface area contributed by atoms with E-state index in [1.807, 2.05) is 0 Å². The molecule has 10 heteroatoms. The minimum absolute atomic E-state index is 0.0320. The zero-order chi connectivity index (χ0) is 19.8. The van der Waals surface area contributed by atoms with E-state index in [0.717, 1.165) is 16.4 Å². The third-order valence-corrected chi connectivity index (χ3v) is 6.32. The summed E-state index contributed by atoms with van der Waals surface area (Å²) < 4.78 is 54.4. The number of aromatic nitrogens is 1. The first-order valence-electron chi connectivity index (χ1n) is 8.11. The van der Waals surface area contributed by atoms with Crippen LogP contribution < -0.4 is 5.56 Å². The van der Waals surface area contributed by atoms with E-state index in [2.05, 4.69) is 0 Å². The highest BCUT2D eigenvalue weighted by Crippen LogP contribution is 2.21. The van der Waals surface area contributed by atoms with Crippen molar-refractivity contribution in [2.75, 3.05) is 26.2 Å². The van der Waals surface area contributed by atoms with Crippen LogP contribution in [0, 0.1) is 11.6 Å². The first-order valence-corrected chi connectivity index (χ1v) is 9.55. The summed E-state index contributed by atoms with van der Waals surface area (Å²) in [5.41, 5.74) is -0.104. The van der Waals surface area contributed by atoms with Crippen molar-refractivity contribution in [2.45, 2.75) is 4.90 Å². The third kappa shape index (κ3) is 3.76. The van der Waals surface area contributed by atoms with E-state index in [1.54, 1.807) is 7.05 Å². The van der Waals surface area contributed by atoms with E-state index in [-0.39, 0.29) is 43.2 Å². The maximum atomic E-state index is 13.9. The second kappa shape index (κ2) is 7.20. The Balaban J connectivity index is 1.73. The van der Waals surface area contributed by atoms with Crippen molar-refractivity contribution in [3.05, 3.63) is 64.1 Å². The van der Waals surface area contributed by atoms with Gasteiger partial charge in [0, 0.05) is 57.1 Å². The predicted octanol–water partition coefficient (Wildman–Crippen LogP) is 0.810. The topological polar surface area (TPSA) is 79.7 Å². The quantitative estimate of drug-likeness (QED) is 0.768. The van der Waals surface area contributed by atoms with E-state index in [0.29, 0.717) is 6.07 Å². The smallest absolute Gasteiger partial charge is 0.254 e. The van der Waals surface area contributed by atoms with Crippen molar-refractivity contribution < 1.29 is 22.0 Å². The van der Waals surface area contributed by atoms with Crippen molar-refractivity contribution in [3.8, 4) is 0 Å². The maximum absolute atomic E-state index is 13.9. The number of benzene rings is 1. The van der Waals surface area contributed by atoms with Crippen LogP contribution in [-0.4, -0.2) is 54.3 Å². The van der Waals surface area contributed by atoms with Crippen LogP contribution in [-0.2, 0) is 17.1 Å². The van der Waals surface area contributed by atoms with Gasteiger partial charge in [0.25, 0.3) is 11.5 Å². The molecule has 1 aliphatic rings. The fourth-order valence-corrected chi connectivity index (χ4v) is 4.29. The number of rotatable bonds is 3. The number of amides is 1. The first kappa shape index (κ1) is 19.2. The van der Waals surface area contributed by atoms with Crippen LogP contribution >= 0.6 is 0 Å². The highest BCUT2D eigenvalue weighted by atomic mass is 32.2. The molecular formula is C17H17F2N3O4S. The summed E-state index contributed by atoms with van der Waals surface area (Å²) in [7, 11) is -2.57. The average Bonchev–Trinajstić information content (AvgIpc) is 2.63. The Morgan fingerprint density at radius 3 is 2.30 bits per heavy atom. The molecule has 1 saturated heterocycles. The molecule has 3 rings (SSSR count). The highest BCUT2D eigenvalue weighted by molar-refractivity contribution is 7.89. The maximum Gasteiger partial charge on any atom is 0.254 e. The molecule has 0 spiro atoms. The number of aryl methyl sites for hydroxylation is 1. The lowest BCUT2D eigenvalue weighted by Crippen LogP contribution is -2.50. The lowest BCUT2D eigenvalue weighted by molar-refractivity contribution is 0.0697. The van der Waals surface area contributed by atoms with Crippen molar-refractivity contribution in [3.63, 3.8) is 0 Å². The van der Waals surface area contributed by atoms with E-state index in [9.17, 15) is 26.8 Å². The molecule has 27 heavy (non-hydrogen) atoms. The number of carbonyl (C=O) groups excluding carboxylic acids is 1. The molecule has 2 aromatic rings. The number of hydrogen-bond acceptors (Lipinski definition) is 4. The molecule has 0 unspecified atom stereocenters. The lowest BCUT2D eigenvalue weighted by Gasteiger charge is -2.34. The molecule has 1 aliphatic heterocycles. The Kier molecular flexibility index (Phi) is 5.11. The molecule has 0 aliphatic carbocycles. The average molecular weight is 397 g/mol. The first-order chi connectivity index (χ1) is 12.7. The molecule has 7 nitrogen and oxygen atoms in total. The number of nitrogens with zero attached hydrogens (tertiary/aromatic N) is 3. The molecule has 0 atom stereocenters. The standard InChI is InChI=1S/C17H17F2N3O4S/c1-20-5-4-12(10-16(20)23)17(24)21-6-8-22(9-7-21)27(25,26)15-3-2-13(18)11-14(15)19/h2-5,10-11H,6-9H2,1H3. The summed E-state index contributed by atoms with van der Waals surface area (Å²) in [5, 5.41) is 0. The summed E-state index contributed by atoms with van der Waals surface area (Å²) in [4.78, 5) is 25.0. The highest BCUT2D eigenvalue weighted by Gasteiger charge is 2.32. The van der Waals surface area contributed by atoms with Crippen LogP contribution in [0.5, 0.6) is 0 Å². The largest absolute Gasteiger partial charge is 0.336 e. The summed E-state index contributed by atoms with van der Waals surface area (Å²) >= 11 is 0. The molecule has 0 radical (unpaired) electrons. The van der Waals surface area contributed by atoms with Gasteiger partial charge in [-0.3, -0.25) is 9.59 Å². The van der Waals surface area contributed by atoms with Crippen LogP contribution in [0.3, 0.4) is 0 Å². The fraction of sp³-hybridized carbons (Fsp3) is 0.294. The minimum Gasteiger partial charge on any atom is -0.336 e. The normalized spacial score (nSPS) is 15.7. The molecule has 0 N–H and O–H groups in total. The van der Waals surface area contributed by atoms with Gasteiger partial charge in [-0.2, -0.15) is 4.31 Å². The molecule has 0 bridgehead atoms. The molecule has 1 amide bonds. The Morgan fingerprint density at radius 1 is 1.04 bits per heavy atom. The van der Waals surface area contributed by atoms with Crippen LogP contribution in [0.25, 0.3) is 0 Å². The third-order valence-electron chi connectivity index (χ3n) is 4.39. The summed E-state index contributed by atoms with van der Waals surface area (Å²) in [6.07, 6.45) is 1.48. The Labute approximate surface area is 154 Å². The van der Waals surface area contributed by atoms with Crippen molar-refractivity contribution in [1.29, 1.82) is 0 Å². The van der Waals surface area contributed by atoms with Gasteiger partial charge in [0.1, 0.15) is 16.5 Å². The molecule has 1 aromatic carbocycles. The Bertz CT molecular complexity index is 1040. The van der Waals surface area contributed by atoms with Gasteiger partial charge in [-0.05, 0) is 18.2 Å². The van der Waals surface area contributed by atoms with Crippen LogP contribution in [0.2, 0.25) is 0 Å². The Hall–Kier alpha value is -2.59. The number of hydrogen-bond donors (Lipinski definition) is 0. The molecule has 2 heterocycles. The van der Waals surface area contributed by atoms with Gasteiger partial charge in [-0.25, -0.2) is 17.2 Å². The van der Waals surface area contributed by atoms with Crippen molar-refractivity contribution in [2.24, 2.45) is 7.05 Å². The predicted molar refractivity (Wildman–Crippen MR) is 92.7 cm³/mol. The molecular weight excluding hydrogens is 380 g/mol. The Morgan fingerprint density at radius 2 is 1.70 bits per heavy atom. The molecule has 1 fully saturated rings. The number of piperazine rings is 1. The second-order valence-corrected chi connectivity index (χ2v) is 8.04. The van der Waals surface area contributed by atoms with Gasteiger partial charge in [0.05, 0.1) is 0 Å². The van der Waals surface area contributed by atoms with E-state index in [1.165, 1.54) is 27.8 Å². The lowest BCUT2D eigenvalue weighted by atomic mass is 10.2. The fourth-order valence-electron chi connectivity index (χ4n) is 2.82. The summed E-state index contributed by atoms with van der Waals surface area (Å²) in [6.45, 7) is 0.123. The van der Waals surface area contributed by atoms with Crippen molar-refractivity contribution >= 4 is 15.9 Å². The van der Waals surface area contributed by atoms with Gasteiger partial charge in [-0.15, -0.1) is 0 Å². The monoisotopic (exact) mass is 397 g/mol. The molecule has 0 saturated carbocycles.